The van der Waals surface area contributed by atoms with Gasteiger partial charge in [0.25, 0.3) is 0 Å². The van der Waals surface area contributed by atoms with Gasteiger partial charge in [-0.1, -0.05) is 32.9 Å². The molecule has 118 valence electrons. The molecule has 0 heterocycles. The first kappa shape index (κ1) is 17.5. The molecule has 0 spiro atoms. The molecular weight excluding hydrogens is 264 g/mol. The normalized spacial score (nSPS) is 15.5. The number of hydrogen-bond donors (Lipinski definition) is 2. The Morgan fingerprint density at radius 1 is 1.38 bits per heavy atom. The molecule has 4 heteroatoms. The smallest absolute Gasteiger partial charge is 0.237 e. The molecule has 2 unspecified atom stereocenters. The number of carbonyl (C=O) groups is 1. The topological polar surface area (TPSA) is 64.3 Å². The minimum absolute atomic E-state index is 0.107. The number of carbonyl (C=O) groups excluding carboxylic acids is 1. The average molecular weight is 292 g/mol. The van der Waals surface area contributed by atoms with Crippen molar-refractivity contribution >= 4 is 5.91 Å². The van der Waals surface area contributed by atoms with E-state index in [1.54, 1.807) is 0 Å². The monoisotopic (exact) mass is 292 g/mol. The second-order valence-electron chi connectivity index (χ2n) is 6.09. The van der Waals surface area contributed by atoms with Crippen molar-refractivity contribution < 1.29 is 9.53 Å². The van der Waals surface area contributed by atoms with Crippen LogP contribution in [0.3, 0.4) is 0 Å². The number of primary amides is 1. The summed E-state index contributed by atoms with van der Waals surface area (Å²) in [6.45, 7) is 10.7. The van der Waals surface area contributed by atoms with Gasteiger partial charge in [-0.25, -0.2) is 0 Å². The molecule has 0 radical (unpaired) electrons. The standard InChI is InChI=1S/C17H28N2O2/c1-6-19-17(5,16(18)20)11-13(4)21-15-9-7-8-14(10-15)12(2)3/h7-10,12-13,19H,6,11H2,1-5H3,(H2,18,20). The van der Waals surface area contributed by atoms with Gasteiger partial charge in [0.05, 0.1) is 11.6 Å². The highest BCUT2D eigenvalue weighted by Gasteiger charge is 2.32. The van der Waals surface area contributed by atoms with Crippen LogP contribution in [0.1, 0.15) is 52.5 Å². The Morgan fingerprint density at radius 2 is 2.05 bits per heavy atom. The minimum Gasteiger partial charge on any atom is -0.491 e. The summed E-state index contributed by atoms with van der Waals surface area (Å²) in [5.41, 5.74) is 6.00. The van der Waals surface area contributed by atoms with Crippen molar-refractivity contribution in [3.05, 3.63) is 29.8 Å². The minimum atomic E-state index is -0.746. The predicted octanol–water partition coefficient (Wildman–Crippen LogP) is 2.82. The summed E-state index contributed by atoms with van der Waals surface area (Å²) < 4.78 is 5.95. The molecule has 0 bridgehead atoms. The largest absolute Gasteiger partial charge is 0.491 e. The van der Waals surface area contributed by atoms with E-state index in [0.717, 1.165) is 5.75 Å². The van der Waals surface area contributed by atoms with Crippen molar-refractivity contribution in [3.8, 4) is 5.75 Å². The van der Waals surface area contributed by atoms with Crippen LogP contribution >= 0.6 is 0 Å². The van der Waals surface area contributed by atoms with Crippen LogP contribution in [-0.4, -0.2) is 24.1 Å². The molecule has 1 aromatic rings. The molecule has 0 aliphatic rings. The lowest BCUT2D eigenvalue weighted by Gasteiger charge is -2.30. The molecule has 0 fully saturated rings. The zero-order valence-electron chi connectivity index (χ0n) is 13.8. The lowest BCUT2D eigenvalue weighted by molar-refractivity contribution is -0.124. The van der Waals surface area contributed by atoms with E-state index in [1.165, 1.54) is 5.56 Å². The number of hydrogen-bond acceptors (Lipinski definition) is 3. The lowest BCUT2D eigenvalue weighted by atomic mass is 9.94. The Morgan fingerprint density at radius 3 is 2.57 bits per heavy atom. The lowest BCUT2D eigenvalue weighted by Crippen LogP contribution is -2.55. The summed E-state index contributed by atoms with van der Waals surface area (Å²) in [5, 5.41) is 3.15. The van der Waals surface area contributed by atoms with Gasteiger partial charge < -0.3 is 15.8 Å². The van der Waals surface area contributed by atoms with Crippen LogP contribution in [0, 0.1) is 0 Å². The van der Waals surface area contributed by atoms with Crippen molar-refractivity contribution in [2.45, 2.75) is 58.6 Å². The van der Waals surface area contributed by atoms with Gasteiger partial charge >= 0.3 is 0 Å². The fraction of sp³-hybridized carbons (Fsp3) is 0.588. The highest BCUT2D eigenvalue weighted by atomic mass is 16.5. The molecule has 3 N–H and O–H groups in total. The van der Waals surface area contributed by atoms with E-state index >= 15 is 0 Å². The number of rotatable bonds is 8. The number of nitrogens with one attached hydrogen (secondary N) is 1. The maximum absolute atomic E-state index is 11.6. The maximum atomic E-state index is 11.6. The molecule has 4 nitrogen and oxygen atoms in total. The van der Waals surface area contributed by atoms with Gasteiger partial charge in [0, 0.05) is 6.42 Å². The number of amides is 1. The molecule has 0 aromatic heterocycles. The fourth-order valence-corrected chi connectivity index (χ4v) is 2.45. The summed E-state index contributed by atoms with van der Waals surface area (Å²) >= 11 is 0. The third kappa shape index (κ3) is 5.05. The van der Waals surface area contributed by atoms with Crippen molar-refractivity contribution in [2.24, 2.45) is 5.73 Å². The number of benzene rings is 1. The zero-order chi connectivity index (χ0) is 16.0. The fourth-order valence-electron chi connectivity index (χ4n) is 2.45. The summed E-state index contributed by atoms with van der Waals surface area (Å²) in [6.07, 6.45) is 0.422. The molecule has 0 aliphatic heterocycles. The van der Waals surface area contributed by atoms with E-state index < -0.39 is 5.54 Å². The van der Waals surface area contributed by atoms with E-state index in [2.05, 4.69) is 31.3 Å². The van der Waals surface area contributed by atoms with Crippen LogP contribution < -0.4 is 15.8 Å². The molecule has 1 rings (SSSR count). The van der Waals surface area contributed by atoms with E-state index in [9.17, 15) is 4.79 Å². The second kappa shape index (κ2) is 7.46. The Labute approximate surface area is 128 Å². The van der Waals surface area contributed by atoms with Crippen molar-refractivity contribution in [1.29, 1.82) is 0 Å². The van der Waals surface area contributed by atoms with Crippen molar-refractivity contribution in [1.82, 2.24) is 5.32 Å². The molecule has 0 saturated carbocycles. The van der Waals surface area contributed by atoms with Gasteiger partial charge in [-0.3, -0.25) is 4.79 Å². The molecule has 0 saturated heterocycles. The van der Waals surface area contributed by atoms with Crippen LogP contribution in [0.4, 0.5) is 0 Å². The van der Waals surface area contributed by atoms with Gasteiger partial charge in [0.15, 0.2) is 0 Å². The van der Waals surface area contributed by atoms with Crippen LogP contribution in [0.2, 0.25) is 0 Å². The van der Waals surface area contributed by atoms with Crippen LogP contribution in [0.5, 0.6) is 5.75 Å². The van der Waals surface area contributed by atoms with E-state index in [1.807, 2.05) is 32.9 Å². The predicted molar refractivity (Wildman–Crippen MR) is 86.5 cm³/mol. The highest BCUT2D eigenvalue weighted by molar-refractivity contribution is 5.84. The SMILES string of the molecule is CCNC(C)(CC(C)Oc1cccc(C(C)C)c1)C(N)=O. The summed E-state index contributed by atoms with van der Waals surface area (Å²) in [4.78, 5) is 11.6. The van der Waals surface area contributed by atoms with Crippen LogP contribution in [0.25, 0.3) is 0 Å². The van der Waals surface area contributed by atoms with E-state index in [4.69, 9.17) is 10.5 Å². The summed E-state index contributed by atoms with van der Waals surface area (Å²) in [7, 11) is 0. The molecule has 2 atom stereocenters. The van der Waals surface area contributed by atoms with Gasteiger partial charge in [-0.05, 0) is 44.0 Å². The first-order valence-corrected chi connectivity index (χ1v) is 7.60. The van der Waals surface area contributed by atoms with Gasteiger partial charge in [0.1, 0.15) is 5.75 Å². The third-order valence-electron chi connectivity index (χ3n) is 3.67. The first-order chi connectivity index (χ1) is 9.78. The third-order valence-corrected chi connectivity index (χ3v) is 3.67. The number of nitrogens with two attached hydrogens (primary N) is 1. The molecule has 1 aromatic carbocycles. The van der Waals surface area contributed by atoms with Gasteiger partial charge in [-0.2, -0.15) is 0 Å². The van der Waals surface area contributed by atoms with Gasteiger partial charge in [-0.15, -0.1) is 0 Å². The van der Waals surface area contributed by atoms with E-state index in [-0.39, 0.29) is 12.0 Å². The van der Waals surface area contributed by atoms with Crippen LogP contribution in [0.15, 0.2) is 24.3 Å². The van der Waals surface area contributed by atoms with E-state index in [0.29, 0.717) is 18.9 Å². The van der Waals surface area contributed by atoms with Crippen molar-refractivity contribution in [3.63, 3.8) is 0 Å². The Hall–Kier alpha value is -1.55. The van der Waals surface area contributed by atoms with Crippen LogP contribution in [-0.2, 0) is 4.79 Å². The summed E-state index contributed by atoms with van der Waals surface area (Å²) in [6, 6.07) is 8.08. The number of ether oxygens (including phenoxy) is 1. The maximum Gasteiger partial charge on any atom is 0.237 e. The van der Waals surface area contributed by atoms with Crippen molar-refractivity contribution in [2.75, 3.05) is 6.54 Å². The Bertz CT molecular complexity index is 474. The molecule has 1 amide bonds. The summed E-state index contributed by atoms with van der Waals surface area (Å²) in [5.74, 6) is 0.939. The molecule has 0 aliphatic carbocycles. The first-order valence-electron chi connectivity index (χ1n) is 7.60. The number of likely N-dealkylation sites (N-methyl/N-ethyl adjacent to an activating group) is 1. The molecular formula is C17H28N2O2. The zero-order valence-corrected chi connectivity index (χ0v) is 13.8. The average Bonchev–Trinajstić information content (AvgIpc) is 2.38. The Balaban J connectivity index is 2.74. The molecule has 21 heavy (non-hydrogen) atoms. The quantitative estimate of drug-likeness (QED) is 0.774. The van der Waals surface area contributed by atoms with Gasteiger partial charge in [0.2, 0.25) is 5.91 Å². The Kier molecular flexibility index (Phi) is 6.21. The second-order valence-corrected chi connectivity index (χ2v) is 6.09. The highest BCUT2D eigenvalue weighted by Crippen LogP contribution is 2.23.